The van der Waals surface area contributed by atoms with Crippen LogP contribution in [0.5, 0.6) is 0 Å². The van der Waals surface area contributed by atoms with Gasteiger partial charge < -0.3 is 5.32 Å². The highest BCUT2D eigenvalue weighted by Gasteiger charge is 2.30. The number of allylic oxidation sites excluding steroid dienone is 1. The second-order valence-electron chi connectivity index (χ2n) is 5.55. The molecule has 0 bridgehead atoms. The minimum atomic E-state index is -4.44. The van der Waals surface area contributed by atoms with E-state index < -0.39 is 11.7 Å². The van der Waals surface area contributed by atoms with E-state index in [9.17, 15) is 18.4 Å². The van der Waals surface area contributed by atoms with Crippen molar-refractivity contribution < 1.29 is 13.2 Å². The summed E-state index contributed by atoms with van der Waals surface area (Å²) in [5.41, 5.74) is 0.843. The zero-order valence-corrected chi connectivity index (χ0v) is 16.2. The van der Waals surface area contributed by atoms with Crippen molar-refractivity contribution in [1.29, 1.82) is 5.26 Å². The second kappa shape index (κ2) is 8.23. The molecule has 1 N–H and O–H groups in total. The molecule has 0 fully saturated rings. The van der Waals surface area contributed by atoms with Crippen LogP contribution in [-0.4, -0.2) is 4.98 Å². The molecular formula is C19H10Cl2F3N3S. The molecule has 0 spiro atoms. The predicted molar refractivity (Wildman–Crippen MR) is 106 cm³/mol. The lowest BCUT2D eigenvalue weighted by Gasteiger charge is -2.08. The zero-order chi connectivity index (χ0) is 20.3. The number of hydrogen-bond acceptors (Lipinski definition) is 4. The molecule has 0 saturated heterocycles. The van der Waals surface area contributed by atoms with Gasteiger partial charge in [-0.2, -0.15) is 18.4 Å². The van der Waals surface area contributed by atoms with Crippen molar-refractivity contribution in [2.75, 3.05) is 5.32 Å². The molecule has 0 saturated carbocycles. The number of nitriles is 1. The maximum atomic E-state index is 12.8. The Labute approximate surface area is 172 Å². The summed E-state index contributed by atoms with van der Waals surface area (Å²) in [4.78, 5) is 4.39. The normalized spacial score (nSPS) is 11.9. The number of hydrogen-bond donors (Lipinski definition) is 1. The minimum absolute atomic E-state index is 0.179. The van der Waals surface area contributed by atoms with E-state index in [0.29, 0.717) is 26.3 Å². The lowest BCUT2D eigenvalue weighted by Crippen LogP contribution is -2.05. The van der Waals surface area contributed by atoms with Crippen LogP contribution in [0.4, 0.5) is 18.9 Å². The van der Waals surface area contributed by atoms with Gasteiger partial charge in [-0.25, -0.2) is 4.98 Å². The van der Waals surface area contributed by atoms with Gasteiger partial charge in [0.05, 0.1) is 16.3 Å². The Balaban J connectivity index is 1.85. The number of rotatable bonds is 4. The first-order valence-corrected chi connectivity index (χ1v) is 9.37. The molecule has 3 aromatic rings. The average molecular weight is 440 g/mol. The number of benzene rings is 2. The topological polar surface area (TPSA) is 48.7 Å². The number of anilines is 1. The van der Waals surface area contributed by atoms with Crippen LogP contribution in [0.1, 0.15) is 10.6 Å². The monoisotopic (exact) mass is 439 g/mol. The molecule has 0 atom stereocenters. The van der Waals surface area contributed by atoms with Gasteiger partial charge in [0.15, 0.2) is 0 Å². The molecule has 0 aliphatic carbocycles. The van der Waals surface area contributed by atoms with E-state index >= 15 is 0 Å². The molecule has 0 unspecified atom stereocenters. The van der Waals surface area contributed by atoms with Gasteiger partial charge in [-0.15, -0.1) is 11.3 Å². The number of aromatic nitrogens is 1. The SMILES string of the molecule is N#C/C(=C\Nc1cccc(C(F)(F)F)c1)c1nc(-c2ccc(Cl)cc2Cl)cs1. The molecule has 0 aliphatic heterocycles. The number of alkyl halides is 3. The minimum Gasteiger partial charge on any atom is -0.360 e. The fourth-order valence-electron chi connectivity index (χ4n) is 2.30. The van der Waals surface area contributed by atoms with Gasteiger partial charge in [-0.05, 0) is 36.4 Å². The van der Waals surface area contributed by atoms with Crippen LogP contribution in [-0.2, 0) is 6.18 Å². The second-order valence-corrected chi connectivity index (χ2v) is 7.26. The van der Waals surface area contributed by atoms with Crippen LogP contribution in [0.15, 0.2) is 54.0 Å². The first-order valence-electron chi connectivity index (χ1n) is 7.73. The Kier molecular flexibility index (Phi) is 5.94. The van der Waals surface area contributed by atoms with Crippen LogP contribution in [0.25, 0.3) is 16.8 Å². The molecular weight excluding hydrogens is 430 g/mol. The van der Waals surface area contributed by atoms with E-state index in [1.807, 2.05) is 6.07 Å². The molecule has 1 heterocycles. The average Bonchev–Trinajstić information content (AvgIpc) is 3.11. The largest absolute Gasteiger partial charge is 0.416 e. The van der Waals surface area contributed by atoms with Crippen LogP contribution < -0.4 is 5.32 Å². The summed E-state index contributed by atoms with van der Waals surface area (Å²) in [6.45, 7) is 0. The van der Waals surface area contributed by atoms with Gasteiger partial charge in [-0.3, -0.25) is 0 Å². The number of nitrogens with zero attached hydrogens (tertiary/aromatic N) is 2. The fraction of sp³-hybridized carbons (Fsp3) is 0.0526. The lowest BCUT2D eigenvalue weighted by atomic mass is 10.2. The Morgan fingerprint density at radius 2 is 1.96 bits per heavy atom. The highest BCUT2D eigenvalue weighted by Crippen LogP contribution is 2.33. The van der Waals surface area contributed by atoms with Gasteiger partial charge >= 0.3 is 6.18 Å². The Morgan fingerprint density at radius 1 is 1.18 bits per heavy atom. The molecule has 0 aliphatic rings. The third-order valence-corrected chi connectivity index (χ3v) is 5.06. The van der Waals surface area contributed by atoms with Gasteiger partial charge in [0.25, 0.3) is 0 Å². The summed E-state index contributed by atoms with van der Waals surface area (Å²) in [6, 6.07) is 11.7. The van der Waals surface area contributed by atoms with Gasteiger partial charge in [0, 0.05) is 27.9 Å². The molecule has 1 aromatic heterocycles. The quantitative estimate of drug-likeness (QED) is 0.440. The number of thiazole rings is 1. The van der Waals surface area contributed by atoms with Crippen molar-refractivity contribution in [3.05, 3.63) is 74.7 Å². The lowest BCUT2D eigenvalue weighted by molar-refractivity contribution is -0.137. The molecule has 3 nitrogen and oxygen atoms in total. The van der Waals surface area contributed by atoms with Gasteiger partial charge in [0.1, 0.15) is 16.6 Å². The molecule has 0 radical (unpaired) electrons. The third kappa shape index (κ3) is 4.65. The van der Waals surface area contributed by atoms with Crippen LogP contribution >= 0.6 is 34.5 Å². The highest BCUT2D eigenvalue weighted by atomic mass is 35.5. The number of nitrogens with one attached hydrogen (secondary N) is 1. The van der Waals surface area contributed by atoms with Crippen LogP contribution in [0, 0.1) is 11.3 Å². The molecule has 2 aromatic carbocycles. The Bertz CT molecular complexity index is 1080. The van der Waals surface area contributed by atoms with Crippen molar-refractivity contribution in [3.63, 3.8) is 0 Å². The Morgan fingerprint density at radius 3 is 2.64 bits per heavy atom. The first-order chi connectivity index (χ1) is 13.3. The molecule has 3 rings (SSSR count). The van der Waals surface area contributed by atoms with Gasteiger partial charge in [0.2, 0.25) is 0 Å². The molecule has 28 heavy (non-hydrogen) atoms. The van der Waals surface area contributed by atoms with Crippen molar-refractivity contribution in [1.82, 2.24) is 4.98 Å². The predicted octanol–water partition coefficient (Wildman–Crippen LogP) is 7.11. The van der Waals surface area contributed by atoms with Crippen LogP contribution in [0.2, 0.25) is 10.0 Å². The summed E-state index contributed by atoms with van der Waals surface area (Å²) in [6.07, 6.45) is -3.12. The van der Waals surface area contributed by atoms with E-state index in [1.54, 1.807) is 23.6 Å². The van der Waals surface area contributed by atoms with Gasteiger partial charge in [-0.1, -0.05) is 29.3 Å². The highest BCUT2D eigenvalue weighted by molar-refractivity contribution is 7.11. The van der Waals surface area contributed by atoms with E-state index in [-0.39, 0.29) is 11.3 Å². The molecule has 9 heteroatoms. The fourth-order valence-corrected chi connectivity index (χ4v) is 3.59. The van der Waals surface area contributed by atoms with Crippen molar-refractivity contribution in [3.8, 4) is 17.3 Å². The first kappa shape index (κ1) is 20.2. The maximum Gasteiger partial charge on any atom is 0.416 e. The Hall–Kier alpha value is -2.53. The van der Waals surface area contributed by atoms with Crippen molar-refractivity contribution in [2.45, 2.75) is 6.18 Å². The third-order valence-electron chi connectivity index (χ3n) is 3.64. The van der Waals surface area contributed by atoms with Crippen LogP contribution in [0.3, 0.4) is 0 Å². The van der Waals surface area contributed by atoms with E-state index in [2.05, 4.69) is 10.3 Å². The standard InChI is InChI=1S/C19H10Cl2F3N3S/c20-13-4-5-15(16(21)7-13)17-10-28-18(27-17)11(8-25)9-26-14-3-1-2-12(6-14)19(22,23)24/h1-7,9-10,26H/b11-9+. The summed E-state index contributed by atoms with van der Waals surface area (Å²) in [7, 11) is 0. The van der Waals surface area contributed by atoms with Crippen molar-refractivity contribution >= 4 is 45.8 Å². The molecule has 0 amide bonds. The maximum absolute atomic E-state index is 12.8. The summed E-state index contributed by atoms with van der Waals surface area (Å²) in [5, 5.41) is 15.2. The van der Waals surface area contributed by atoms with E-state index in [4.69, 9.17) is 23.2 Å². The summed E-state index contributed by atoms with van der Waals surface area (Å²) in [5.74, 6) is 0. The molecule has 142 valence electrons. The smallest absolute Gasteiger partial charge is 0.360 e. The number of halogens is 5. The summed E-state index contributed by atoms with van der Waals surface area (Å²) < 4.78 is 38.4. The van der Waals surface area contributed by atoms with E-state index in [0.717, 1.165) is 12.1 Å². The summed E-state index contributed by atoms with van der Waals surface area (Å²) >= 11 is 13.3. The zero-order valence-electron chi connectivity index (χ0n) is 13.9. The van der Waals surface area contributed by atoms with Crippen molar-refractivity contribution in [2.24, 2.45) is 0 Å². The van der Waals surface area contributed by atoms with E-state index in [1.165, 1.54) is 29.7 Å².